The fourth-order valence-corrected chi connectivity index (χ4v) is 3.15. The van der Waals surface area contributed by atoms with Crippen LogP contribution in [0.4, 0.5) is 0 Å². The summed E-state index contributed by atoms with van der Waals surface area (Å²) in [5, 5.41) is 0. The summed E-state index contributed by atoms with van der Waals surface area (Å²) < 4.78 is 0. The molecule has 0 radical (unpaired) electrons. The van der Waals surface area contributed by atoms with Gasteiger partial charge in [-0.15, -0.1) is 0 Å². The summed E-state index contributed by atoms with van der Waals surface area (Å²) in [4.78, 5) is 23.0. The summed E-state index contributed by atoms with van der Waals surface area (Å²) >= 11 is 0. The van der Waals surface area contributed by atoms with E-state index in [9.17, 15) is 9.59 Å². The third-order valence-corrected chi connectivity index (χ3v) is 4.97. The number of hydrogen-bond donors (Lipinski definition) is 0. The molecule has 17 heavy (non-hydrogen) atoms. The number of carbonyl (C=O) groups excluding carboxylic acids is 2. The van der Waals surface area contributed by atoms with Gasteiger partial charge in [-0.2, -0.15) is 0 Å². The predicted molar refractivity (Wildman–Crippen MR) is 77.9 cm³/mol. The summed E-state index contributed by atoms with van der Waals surface area (Å²) in [6, 6.07) is 0. The summed E-state index contributed by atoms with van der Waals surface area (Å²) in [5.74, 6) is -0.229. The fraction of sp³-hybridized carbons (Fsp3) is 0.833. The molecule has 0 N–H and O–H groups in total. The lowest BCUT2D eigenvalue weighted by Crippen LogP contribution is -2.33. The molecule has 2 aliphatic carbocycles. The molecule has 2 nitrogen and oxygen atoms in total. The van der Waals surface area contributed by atoms with Crippen LogP contribution in [0.5, 0.6) is 0 Å². The van der Waals surface area contributed by atoms with Gasteiger partial charge in [0.2, 0.25) is 11.6 Å². The van der Waals surface area contributed by atoms with Crippen LogP contribution in [0, 0.1) is 16.7 Å². The van der Waals surface area contributed by atoms with E-state index in [0.717, 1.165) is 12.8 Å². The van der Waals surface area contributed by atoms with Crippen molar-refractivity contribution < 1.29 is 9.59 Å². The normalized spacial score (nSPS) is 33.1. The van der Waals surface area contributed by atoms with Crippen LogP contribution in [-0.4, -0.2) is 33.5 Å². The van der Waals surface area contributed by atoms with E-state index in [0.29, 0.717) is 0 Å². The standard InChI is InChI=1S/C10H14O2.C2H9B3/c1-9(2)6-4-5-10(9,3)8(12)7(6)11;1-2-4-5-3/h6H,4-5H2,1-3H3;4-5H,2-3H2,1H3. The molecule has 2 bridgehead atoms. The number of Topliss-reactive ketones (excluding diaryl/α,β-unsaturated/α-hetero) is 2. The zero-order valence-corrected chi connectivity index (χ0v) is 11.9. The van der Waals surface area contributed by atoms with E-state index in [2.05, 4.69) is 14.7 Å². The summed E-state index contributed by atoms with van der Waals surface area (Å²) in [7, 11) is 4.94. The Hall–Kier alpha value is -0.465. The number of rotatable bonds is 2. The van der Waals surface area contributed by atoms with Gasteiger partial charge in [0.1, 0.15) is 0 Å². The van der Waals surface area contributed by atoms with Crippen LogP contribution in [0.15, 0.2) is 0 Å². The molecule has 5 heteroatoms. The quantitative estimate of drug-likeness (QED) is 0.508. The van der Waals surface area contributed by atoms with Gasteiger partial charge in [-0.1, -0.05) is 34.0 Å². The van der Waals surface area contributed by atoms with Crippen LogP contribution in [0.25, 0.3) is 0 Å². The van der Waals surface area contributed by atoms with Gasteiger partial charge < -0.3 is 0 Å². The molecule has 0 aromatic heterocycles. The summed E-state index contributed by atoms with van der Waals surface area (Å²) in [6.45, 7) is 8.25. The van der Waals surface area contributed by atoms with Crippen molar-refractivity contribution in [3.8, 4) is 0 Å². The second kappa shape index (κ2) is 5.03. The van der Waals surface area contributed by atoms with Gasteiger partial charge in [-0.25, -0.2) is 0 Å². The molecule has 0 heterocycles. The maximum atomic E-state index is 11.6. The molecule has 2 aliphatic rings. The van der Waals surface area contributed by atoms with Gasteiger partial charge in [-0.05, 0) is 18.3 Å². The first-order valence-corrected chi connectivity index (χ1v) is 6.91. The molecular formula is C12H23B3O2. The van der Waals surface area contributed by atoms with Crippen molar-refractivity contribution in [2.45, 2.75) is 46.9 Å². The Morgan fingerprint density at radius 2 is 1.94 bits per heavy atom. The summed E-state index contributed by atoms with van der Waals surface area (Å²) in [6.07, 6.45) is 3.15. The van der Waals surface area contributed by atoms with Crippen molar-refractivity contribution in [2.75, 3.05) is 0 Å². The van der Waals surface area contributed by atoms with E-state index in [1.165, 1.54) is 20.6 Å². The number of hydrogen-bond acceptors (Lipinski definition) is 2. The average Bonchev–Trinajstić information content (AvgIpc) is 2.56. The molecule has 0 spiro atoms. The third kappa shape index (κ3) is 2.13. The first-order chi connectivity index (χ1) is 7.82. The van der Waals surface area contributed by atoms with Crippen molar-refractivity contribution in [1.82, 2.24) is 0 Å². The smallest absolute Gasteiger partial charge is 0.205 e. The topological polar surface area (TPSA) is 34.1 Å². The zero-order chi connectivity index (χ0) is 13.3. The lowest BCUT2D eigenvalue weighted by atomic mass is 9.27. The van der Waals surface area contributed by atoms with Gasteiger partial charge in [0.25, 0.3) is 0 Å². The predicted octanol–water partition coefficient (Wildman–Crippen LogP) is 0.341. The Labute approximate surface area is 107 Å². The minimum atomic E-state index is -0.352. The Kier molecular flexibility index (Phi) is 4.32. The minimum absolute atomic E-state index is 0.00926. The molecule has 2 rings (SSSR count). The van der Waals surface area contributed by atoms with Crippen LogP contribution in [-0.2, 0) is 9.59 Å². The van der Waals surface area contributed by atoms with Gasteiger partial charge in [0.05, 0.1) is 22.0 Å². The Bertz CT molecular complexity index is 326. The van der Waals surface area contributed by atoms with Crippen molar-refractivity contribution >= 4 is 33.5 Å². The monoisotopic (exact) mass is 232 g/mol. The molecule has 2 fully saturated rings. The van der Waals surface area contributed by atoms with Gasteiger partial charge >= 0.3 is 0 Å². The van der Waals surface area contributed by atoms with E-state index in [1.54, 1.807) is 0 Å². The second-order valence-corrected chi connectivity index (χ2v) is 6.19. The fourth-order valence-electron chi connectivity index (χ4n) is 3.15. The van der Waals surface area contributed by atoms with Crippen molar-refractivity contribution in [3.05, 3.63) is 0 Å². The van der Waals surface area contributed by atoms with E-state index in [1.807, 2.05) is 20.8 Å². The van der Waals surface area contributed by atoms with E-state index in [-0.39, 0.29) is 28.3 Å². The van der Waals surface area contributed by atoms with Crippen molar-refractivity contribution in [1.29, 1.82) is 0 Å². The average molecular weight is 232 g/mol. The first kappa shape index (κ1) is 14.6. The minimum Gasteiger partial charge on any atom is -0.291 e. The van der Waals surface area contributed by atoms with Crippen LogP contribution in [0.3, 0.4) is 0 Å². The van der Waals surface area contributed by atoms with Crippen LogP contribution in [0.1, 0.15) is 40.5 Å². The highest BCUT2D eigenvalue weighted by atomic mass is 16.2. The Balaban J connectivity index is 0.000000249. The zero-order valence-electron chi connectivity index (χ0n) is 11.9. The van der Waals surface area contributed by atoms with Gasteiger partial charge in [0, 0.05) is 11.3 Å². The molecule has 2 atom stereocenters. The molecular weight excluding hydrogens is 209 g/mol. The van der Waals surface area contributed by atoms with Crippen LogP contribution < -0.4 is 0 Å². The molecule has 0 aliphatic heterocycles. The third-order valence-electron chi connectivity index (χ3n) is 4.97. The van der Waals surface area contributed by atoms with Crippen molar-refractivity contribution in [3.63, 3.8) is 0 Å². The molecule has 0 amide bonds. The summed E-state index contributed by atoms with van der Waals surface area (Å²) in [5.41, 5.74) is -0.448. The number of fused-ring (bicyclic) bond motifs is 2. The largest absolute Gasteiger partial charge is 0.291 e. The van der Waals surface area contributed by atoms with E-state index < -0.39 is 0 Å². The number of carbonyl (C=O) groups is 2. The molecule has 92 valence electrons. The highest BCUT2D eigenvalue weighted by Crippen LogP contribution is 2.61. The lowest BCUT2D eigenvalue weighted by Gasteiger charge is -2.31. The van der Waals surface area contributed by atoms with E-state index >= 15 is 0 Å². The molecule has 2 unspecified atom stereocenters. The number of ketones is 2. The molecule has 0 aromatic rings. The van der Waals surface area contributed by atoms with Crippen LogP contribution in [0.2, 0.25) is 6.32 Å². The molecule has 2 saturated carbocycles. The highest BCUT2D eigenvalue weighted by molar-refractivity contribution is 7.23. The van der Waals surface area contributed by atoms with Gasteiger partial charge in [-0.3, -0.25) is 9.59 Å². The SMILES string of the molecule is BBBCC.CC12CCC(C(=O)C1=O)C2(C)C. The second-order valence-electron chi connectivity index (χ2n) is 6.19. The highest BCUT2D eigenvalue weighted by Gasteiger charge is 2.66. The van der Waals surface area contributed by atoms with Gasteiger partial charge in [0.15, 0.2) is 0 Å². The van der Waals surface area contributed by atoms with Crippen molar-refractivity contribution in [2.24, 2.45) is 16.7 Å². The maximum absolute atomic E-state index is 11.6. The Morgan fingerprint density at radius 1 is 1.35 bits per heavy atom. The van der Waals surface area contributed by atoms with Crippen LogP contribution >= 0.6 is 0 Å². The first-order valence-electron chi connectivity index (χ1n) is 6.91. The Morgan fingerprint density at radius 3 is 2.12 bits per heavy atom. The van der Waals surface area contributed by atoms with E-state index in [4.69, 9.17) is 0 Å². The maximum Gasteiger partial charge on any atom is 0.205 e. The lowest BCUT2D eigenvalue weighted by molar-refractivity contribution is -0.141. The molecule has 0 aromatic carbocycles. The molecule has 0 saturated heterocycles.